The zero-order chi connectivity index (χ0) is 20.7. The number of nitrogens with zero attached hydrogens (tertiary/aromatic N) is 8. The molecule has 2 saturated heterocycles. The normalized spacial score (nSPS) is 20.5. The molecule has 2 atom stereocenters. The monoisotopic (exact) mass is 404 g/mol. The molecule has 1 amide bonds. The number of likely N-dealkylation sites (tertiary alicyclic amines) is 1. The third-order valence-electron chi connectivity index (χ3n) is 6.00. The minimum atomic E-state index is 0.0302. The lowest BCUT2D eigenvalue weighted by molar-refractivity contribution is 0.00778. The van der Waals surface area contributed by atoms with Gasteiger partial charge in [0.05, 0.1) is 29.7 Å². The van der Waals surface area contributed by atoms with Crippen LogP contribution in [-0.2, 0) is 0 Å². The summed E-state index contributed by atoms with van der Waals surface area (Å²) in [4.78, 5) is 29.9. The molecule has 2 aromatic heterocycles. The van der Waals surface area contributed by atoms with Crippen molar-refractivity contribution in [1.82, 2.24) is 29.9 Å². The van der Waals surface area contributed by atoms with Crippen LogP contribution in [0.2, 0.25) is 0 Å². The first-order valence-electron chi connectivity index (χ1n) is 10.1. The van der Waals surface area contributed by atoms with E-state index in [1.54, 1.807) is 18.7 Å². The summed E-state index contributed by atoms with van der Waals surface area (Å²) in [7, 11) is 3.94. The number of piperidine rings is 1. The Hall–Kier alpha value is -3.49. The molecule has 9 nitrogen and oxygen atoms in total. The van der Waals surface area contributed by atoms with Crippen molar-refractivity contribution in [1.29, 1.82) is 0 Å². The van der Waals surface area contributed by atoms with Gasteiger partial charge in [0.15, 0.2) is 0 Å². The van der Waals surface area contributed by atoms with E-state index in [9.17, 15) is 4.79 Å². The Morgan fingerprint density at radius 3 is 2.70 bits per heavy atom. The van der Waals surface area contributed by atoms with Gasteiger partial charge in [0.25, 0.3) is 5.91 Å². The smallest absolute Gasteiger partial charge is 0.256 e. The number of amides is 1. The molecule has 1 aromatic carbocycles. The number of para-hydroxylation sites is 1. The molecule has 4 heterocycles. The van der Waals surface area contributed by atoms with Crippen molar-refractivity contribution < 1.29 is 4.79 Å². The highest BCUT2D eigenvalue weighted by atomic mass is 16.2. The van der Waals surface area contributed by atoms with E-state index in [1.807, 2.05) is 54.2 Å². The number of rotatable bonds is 4. The van der Waals surface area contributed by atoms with Gasteiger partial charge in [-0.2, -0.15) is 15.0 Å². The molecule has 2 aliphatic heterocycles. The zero-order valence-electron chi connectivity index (χ0n) is 17.1. The maximum absolute atomic E-state index is 13.4. The number of hydrogen-bond acceptors (Lipinski definition) is 7. The maximum atomic E-state index is 13.4. The molecular weight excluding hydrogens is 380 g/mol. The predicted octanol–water partition coefficient (Wildman–Crippen LogP) is 1.47. The summed E-state index contributed by atoms with van der Waals surface area (Å²) in [6.07, 6.45) is 5.89. The molecule has 0 bridgehead atoms. The summed E-state index contributed by atoms with van der Waals surface area (Å²) in [6.45, 7) is 2.52. The van der Waals surface area contributed by atoms with Crippen molar-refractivity contribution in [3.63, 3.8) is 0 Å². The third-order valence-corrected chi connectivity index (χ3v) is 6.00. The lowest BCUT2D eigenvalue weighted by Crippen LogP contribution is -2.65. The second-order valence-corrected chi connectivity index (χ2v) is 7.98. The first-order valence-corrected chi connectivity index (χ1v) is 10.1. The highest BCUT2D eigenvalue weighted by molar-refractivity contribution is 5.98. The fourth-order valence-corrected chi connectivity index (χ4v) is 4.32. The molecular formula is C21H24N8O. The fraction of sp³-hybridized carbons (Fsp3) is 0.381. The molecule has 1 unspecified atom stereocenters. The van der Waals surface area contributed by atoms with Crippen LogP contribution < -0.4 is 9.80 Å². The molecule has 5 rings (SSSR count). The van der Waals surface area contributed by atoms with Crippen molar-refractivity contribution in [2.45, 2.75) is 12.5 Å². The van der Waals surface area contributed by atoms with Gasteiger partial charge in [-0.1, -0.05) is 12.1 Å². The molecule has 0 aliphatic carbocycles. The van der Waals surface area contributed by atoms with Gasteiger partial charge in [0, 0.05) is 45.7 Å². The molecule has 0 spiro atoms. The van der Waals surface area contributed by atoms with Crippen molar-refractivity contribution in [2.75, 3.05) is 43.5 Å². The lowest BCUT2D eigenvalue weighted by Gasteiger charge is -2.53. The van der Waals surface area contributed by atoms with Gasteiger partial charge >= 0.3 is 0 Å². The third kappa shape index (κ3) is 3.16. The first-order chi connectivity index (χ1) is 14.6. The van der Waals surface area contributed by atoms with Crippen LogP contribution >= 0.6 is 0 Å². The van der Waals surface area contributed by atoms with E-state index < -0.39 is 0 Å². The molecule has 0 radical (unpaired) electrons. The fourth-order valence-electron chi connectivity index (χ4n) is 4.32. The zero-order valence-corrected chi connectivity index (χ0v) is 17.1. The van der Waals surface area contributed by atoms with Crippen molar-refractivity contribution >= 4 is 17.5 Å². The summed E-state index contributed by atoms with van der Waals surface area (Å²) >= 11 is 0. The summed E-state index contributed by atoms with van der Waals surface area (Å²) in [5, 5.41) is 8.39. The average molecular weight is 404 g/mol. The van der Waals surface area contributed by atoms with Crippen molar-refractivity contribution in [3.8, 4) is 5.69 Å². The van der Waals surface area contributed by atoms with Gasteiger partial charge in [0.2, 0.25) is 0 Å². The SMILES string of the molecule is CN(C)c1cc(N2CC[C@@H]3CN(C(=O)c4ccccc4-n4nccn4)C3C2)ncn1. The van der Waals surface area contributed by atoms with Crippen LogP contribution in [0.5, 0.6) is 0 Å². The number of carbonyl (C=O) groups is 1. The largest absolute Gasteiger partial charge is 0.363 e. The van der Waals surface area contributed by atoms with Gasteiger partial charge in [-0.25, -0.2) is 9.97 Å². The van der Waals surface area contributed by atoms with E-state index in [0.717, 1.165) is 37.7 Å². The topological polar surface area (TPSA) is 83.3 Å². The van der Waals surface area contributed by atoms with E-state index in [0.29, 0.717) is 17.2 Å². The Bertz CT molecular complexity index is 1050. The number of fused-ring (bicyclic) bond motifs is 1. The van der Waals surface area contributed by atoms with Crippen molar-refractivity contribution in [3.05, 3.63) is 54.6 Å². The average Bonchev–Trinajstić information content (AvgIpc) is 3.29. The minimum Gasteiger partial charge on any atom is -0.363 e. The number of anilines is 2. The van der Waals surface area contributed by atoms with Crippen LogP contribution in [0.1, 0.15) is 16.8 Å². The highest BCUT2D eigenvalue weighted by Crippen LogP contribution is 2.35. The molecule has 3 aromatic rings. The molecule has 30 heavy (non-hydrogen) atoms. The van der Waals surface area contributed by atoms with Crippen molar-refractivity contribution in [2.24, 2.45) is 5.92 Å². The number of aromatic nitrogens is 5. The maximum Gasteiger partial charge on any atom is 0.256 e. The summed E-state index contributed by atoms with van der Waals surface area (Å²) in [5.74, 6) is 2.36. The second kappa shape index (κ2) is 7.40. The van der Waals surface area contributed by atoms with Gasteiger partial charge < -0.3 is 14.7 Å². The standard InChI is InChI=1S/C21H24N8O/c1-26(2)19-11-20(23-14-22-19)27-10-7-15-12-28(18(15)13-27)21(30)16-5-3-4-6-17(16)29-24-8-9-25-29/h3-6,8-9,11,14-15,18H,7,10,12-13H2,1-2H3/t15-,18?/m1/s1. The Balaban J connectivity index is 1.36. The van der Waals surface area contributed by atoms with Crippen LogP contribution in [0.3, 0.4) is 0 Å². The molecule has 9 heteroatoms. The number of benzene rings is 1. The Kier molecular flexibility index (Phi) is 4.57. The van der Waals surface area contributed by atoms with Crippen LogP contribution in [-0.4, -0.2) is 75.5 Å². The summed E-state index contributed by atoms with van der Waals surface area (Å²) < 4.78 is 0. The molecule has 2 aliphatic rings. The summed E-state index contributed by atoms with van der Waals surface area (Å²) in [6, 6.07) is 9.69. The predicted molar refractivity (Wildman–Crippen MR) is 113 cm³/mol. The van der Waals surface area contributed by atoms with Crippen LogP contribution in [0.15, 0.2) is 49.1 Å². The molecule has 2 fully saturated rings. The van der Waals surface area contributed by atoms with Crippen LogP contribution in [0.4, 0.5) is 11.6 Å². The Morgan fingerprint density at radius 2 is 1.90 bits per heavy atom. The van der Waals surface area contributed by atoms with Crippen LogP contribution in [0, 0.1) is 5.92 Å². The van der Waals surface area contributed by atoms with Gasteiger partial charge in [-0.05, 0) is 18.6 Å². The molecule has 0 N–H and O–H groups in total. The Labute approximate surface area is 174 Å². The van der Waals surface area contributed by atoms with Gasteiger partial charge in [-0.15, -0.1) is 0 Å². The van der Waals surface area contributed by atoms with Gasteiger partial charge in [-0.3, -0.25) is 4.79 Å². The number of hydrogen-bond donors (Lipinski definition) is 0. The highest BCUT2D eigenvalue weighted by Gasteiger charge is 2.45. The molecule has 154 valence electrons. The van der Waals surface area contributed by atoms with E-state index in [1.165, 1.54) is 4.80 Å². The molecule has 0 saturated carbocycles. The lowest BCUT2D eigenvalue weighted by atomic mass is 9.81. The minimum absolute atomic E-state index is 0.0302. The van der Waals surface area contributed by atoms with Crippen LogP contribution in [0.25, 0.3) is 5.69 Å². The Morgan fingerprint density at radius 1 is 1.10 bits per heavy atom. The quantitative estimate of drug-likeness (QED) is 0.651. The van der Waals surface area contributed by atoms with E-state index in [-0.39, 0.29) is 11.9 Å². The van der Waals surface area contributed by atoms with E-state index in [4.69, 9.17) is 0 Å². The van der Waals surface area contributed by atoms with E-state index >= 15 is 0 Å². The number of carbonyl (C=O) groups excluding carboxylic acids is 1. The first kappa shape index (κ1) is 18.5. The summed E-state index contributed by atoms with van der Waals surface area (Å²) in [5.41, 5.74) is 1.33. The van der Waals surface area contributed by atoms with Gasteiger partial charge in [0.1, 0.15) is 18.0 Å². The van der Waals surface area contributed by atoms with E-state index in [2.05, 4.69) is 25.1 Å². The second-order valence-electron chi connectivity index (χ2n) is 7.98.